The maximum absolute atomic E-state index is 12.2. The van der Waals surface area contributed by atoms with Gasteiger partial charge in [0.05, 0.1) is 28.2 Å². The van der Waals surface area contributed by atoms with E-state index in [9.17, 15) is 8.42 Å². The molecule has 2 rings (SSSR count). The van der Waals surface area contributed by atoms with Crippen LogP contribution in [-0.4, -0.2) is 31.4 Å². The monoisotopic (exact) mass is 314 g/mol. The highest BCUT2D eigenvalue weighted by Gasteiger charge is 2.21. The van der Waals surface area contributed by atoms with Crippen LogP contribution in [0.25, 0.3) is 10.2 Å². The van der Waals surface area contributed by atoms with Crippen LogP contribution in [0, 0.1) is 0 Å². The van der Waals surface area contributed by atoms with Crippen LogP contribution in [0.4, 0.5) is 5.69 Å². The van der Waals surface area contributed by atoms with Gasteiger partial charge in [0.25, 0.3) is 0 Å². The van der Waals surface area contributed by atoms with Gasteiger partial charge in [-0.3, -0.25) is 0 Å². The van der Waals surface area contributed by atoms with E-state index in [4.69, 9.17) is 10.5 Å². The Balaban J connectivity index is 2.19. The van der Waals surface area contributed by atoms with E-state index in [0.717, 1.165) is 16.0 Å². The normalized spacial score (nSPS) is 12.9. The minimum atomic E-state index is -3.42. The van der Waals surface area contributed by atoms with E-state index in [1.807, 2.05) is 20.8 Å². The van der Waals surface area contributed by atoms with Crippen molar-refractivity contribution in [1.82, 2.24) is 4.98 Å². The minimum absolute atomic E-state index is 0.0699. The van der Waals surface area contributed by atoms with E-state index in [-0.39, 0.29) is 22.3 Å². The SMILES string of the molecule is CC(C)(C)OCCS(=O)(=O)c1nc2ccc(N)cc2s1. The van der Waals surface area contributed by atoms with Crippen molar-refractivity contribution in [2.75, 3.05) is 18.1 Å². The molecule has 2 N–H and O–H groups in total. The van der Waals surface area contributed by atoms with Gasteiger partial charge in [0.15, 0.2) is 0 Å². The number of thiazole rings is 1. The van der Waals surface area contributed by atoms with Crippen molar-refractivity contribution >= 4 is 37.1 Å². The van der Waals surface area contributed by atoms with Crippen molar-refractivity contribution in [1.29, 1.82) is 0 Å². The number of ether oxygens (including phenoxy) is 1. The molecule has 1 aromatic heterocycles. The van der Waals surface area contributed by atoms with Crippen molar-refractivity contribution in [3.8, 4) is 0 Å². The molecule has 1 aromatic carbocycles. The van der Waals surface area contributed by atoms with Gasteiger partial charge in [-0.25, -0.2) is 13.4 Å². The molecular weight excluding hydrogens is 296 g/mol. The predicted octanol–water partition coefficient (Wildman–Crippen LogP) is 2.47. The first-order chi connectivity index (χ1) is 9.17. The van der Waals surface area contributed by atoms with Crippen molar-refractivity contribution < 1.29 is 13.2 Å². The van der Waals surface area contributed by atoms with Crippen LogP contribution in [0.2, 0.25) is 0 Å². The average molecular weight is 314 g/mol. The molecule has 0 saturated carbocycles. The molecular formula is C13H18N2O3S2. The topological polar surface area (TPSA) is 82.3 Å². The molecule has 0 atom stereocenters. The van der Waals surface area contributed by atoms with Gasteiger partial charge in [0, 0.05) is 5.69 Å². The number of hydrogen-bond donors (Lipinski definition) is 1. The van der Waals surface area contributed by atoms with Crippen molar-refractivity contribution in [3.05, 3.63) is 18.2 Å². The third kappa shape index (κ3) is 3.68. The van der Waals surface area contributed by atoms with Gasteiger partial charge in [-0.1, -0.05) is 0 Å². The Hall–Kier alpha value is -1.18. The number of benzene rings is 1. The number of rotatable bonds is 4. The Labute approximate surface area is 122 Å². The first-order valence-corrected chi connectivity index (χ1v) is 8.67. The van der Waals surface area contributed by atoms with Crippen molar-refractivity contribution in [3.63, 3.8) is 0 Å². The molecule has 0 bridgehead atoms. The lowest BCUT2D eigenvalue weighted by Crippen LogP contribution is -2.23. The highest BCUT2D eigenvalue weighted by molar-refractivity contribution is 7.93. The van der Waals surface area contributed by atoms with Gasteiger partial charge in [-0.2, -0.15) is 0 Å². The van der Waals surface area contributed by atoms with Gasteiger partial charge in [0.2, 0.25) is 14.2 Å². The van der Waals surface area contributed by atoms with Crippen LogP contribution in [0.15, 0.2) is 22.5 Å². The third-order valence-electron chi connectivity index (χ3n) is 2.55. The zero-order valence-electron chi connectivity index (χ0n) is 11.7. The summed E-state index contributed by atoms with van der Waals surface area (Å²) in [6.07, 6.45) is 0. The predicted molar refractivity (Wildman–Crippen MR) is 81.8 cm³/mol. The van der Waals surface area contributed by atoms with Crippen molar-refractivity contribution in [2.24, 2.45) is 0 Å². The Bertz CT molecular complexity index is 715. The summed E-state index contributed by atoms with van der Waals surface area (Å²) in [6.45, 7) is 5.82. The second-order valence-corrected chi connectivity index (χ2v) is 8.80. The molecule has 0 unspecified atom stereocenters. The van der Waals surface area contributed by atoms with E-state index in [1.165, 1.54) is 0 Å². The zero-order valence-corrected chi connectivity index (χ0v) is 13.3. The minimum Gasteiger partial charge on any atom is -0.399 e. The molecule has 7 heteroatoms. The summed E-state index contributed by atoms with van der Waals surface area (Å²) >= 11 is 1.14. The molecule has 0 aliphatic rings. The summed E-state index contributed by atoms with van der Waals surface area (Å²) in [7, 11) is -3.42. The van der Waals surface area contributed by atoms with Crippen LogP contribution in [0.5, 0.6) is 0 Å². The van der Waals surface area contributed by atoms with Gasteiger partial charge >= 0.3 is 0 Å². The van der Waals surface area contributed by atoms with Crippen LogP contribution < -0.4 is 5.73 Å². The fourth-order valence-electron chi connectivity index (χ4n) is 1.60. The summed E-state index contributed by atoms with van der Waals surface area (Å²) in [4.78, 5) is 4.16. The van der Waals surface area contributed by atoms with E-state index >= 15 is 0 Å². The van der Waals surface area contributed by atoms with Crippen LogP contribution in [0.3, 0.4) is 0 Å². The number of aromatic nitrogens is 1. The van der Waals surface area contributed by atoms with Crippen molar-refractivity contribution in [2.45, 2.75) is 30.7 Å². The first kappa shape index (κ1) is 15.2. The number of nitrogens with zero attached hydrogens (tertiary/aromatic N) is 1. The van der Waals surface area contributed by atoms with Crippen LogP contribution >= 0.6 is 11.3 Å². The second kappa shape index (κ2) is 5.31. The Morgan fingerprint density at radius 2 is 2.05 bits per heavy atom. The summed E-state index contributed by atoms with van der Waals surface area (Å²) in [5.74, 6) is -0.0699. The molecule has 0 spiro atoms. The number of hydrogen-bond acceptors (Lipinski definition) is 6. The maximum atomic E-state index is 12.2. The summed E-state index contributed by atoms with van der Waals surface area (Å²) in [5, 5.41) is 0. The van der Waals surface area contributed by atoms with E-state index in [0.29, 0.717) is 11.2 Å². The average Bonchev–Trinajstić information content (AvgIpc) is 2.70. The molecule has 5 nitrogen and oxygen atoms in total. The molecule has 0 saturated heterocycles. The molecule has 110 valence electrons. The Morgan fingerprint density at radius 3 is 2.70 bits per heavy atom. The maximum Gasteiger partial charge on any atom is 0.210 e. The molecule has 20 heavy (non-hydrogen) atoms. The number of nitrogen functional groups attached to an aromatic ring is 1. The lowest BCUT2D eigenvalue weighted by atomic mass is 10.2. The van der Waals surface area contributed by atoms with Crippen LogP contribution in [-0.2, 0) is 14.6 Å². The summed E-state index contributed by atoms with van der Waals surface area (Å²) in [6, 6.07) is 5.17. The highest BCUT2D eigenvalue weighted by atomic mass is 32.2. The van der Waals surface area contributed by atoms with Gasteiger partial charge in [-0.15, -0.1) is 11.3 Å². The standard InChI is InChI=1S/C13H18N2O3S2/c1-13(2,3)18-6-7-20(16,17)12-15-10-5-4-9(14)8-11(10)19-12/h4-5,8H,6-7,14H2,1-3H3. The van der Waals surface area contributed by atoms with E-state index in [2.05, 4.69) is 4.98 Å². The van der Waals surface area contributed by atoms with Gasteiger partial charge in [0.1, 0.15) is 0 Å². The number of anilines is 1. The molecule has 1 heterocycles. The van der Waals surface area contributed by atoms with Gasteiger partial charge < -0.3 is 10.5 Å². The number of sulfone groups is 1. The molecule has 0 fully saturated rings. The quantitative estimate of drug-likeness (QED) is 0.877. The summed E-state index contributed by atoms with van der Waals surface area (Å²) in [5.41, 5.74) is 6.58. The second-order valence-electron chi connectivity index (χ2n) is 5.49. The highest BCUT2D eigenvalue weighted by Crippen LogP contribution is 2.27. The fraction of sp³-hybridized carbons (Fsp3) is 0.462. The number of fused-ring (bicyclic) bond motifs is 1. The first-order valence-electron chi connectivity index (χ1n) is 6.20. The van der Waals surface area contributed by atoms with Crippen LogP contribution in [0.1, 0.15) is 20.8 Å². The molecule has 0 amide bonds. The molecule has 2 aromatic rings. The molecule has 0 aliphatic heterocycles. The van der Waals surface area contributed by atoms with E-state index < -0.39 is 9.84 Å². The third-order valence-corrected chi connectivity index (χ3v) is 5.70. The molecule has 0 radical (unpaired) electrons. The fourth-order valence-corrected chi connectivity index (χ4v) is 4.09. The lowest BCUT2D eigenvalue weighted by molar-refractivity contribution is 0.00644. The van der Waals surface area contributed by atoms with Gasteiger partial charge in [-0.05, 0) is 39.0 Å². The smallest absolute Gasteiger partial charge is 0.210 e. The zero-order chi connectivity index (χ0) is 15.0. The van der Waals surface area contributed by atoms with E-state index in [1.54, 1.807) is 18.2 Å². The lowest BCUT2D eigenvalue weighted by Gasteiger charge is -2.18. The largest absolute Gasteiger partial charge is 0.399 e. The number of nitrogens with two attached hydrogens (primary N) is 1. The molecule has 0 aliphatic carbocycles. The Morgan fingerprint density at radius 1 is 1.35 bits per heavy atom. The summed E-state index contributed by atoms with van der Waals surface area (Å²) < 4.78 is 30.8. The Kier molecular flexibility index (Phi) is 4.04.